The third kappa shape index (κ3) is 8.93. The van der Waals surface area contributed by atoms with E-state index >= 15 is 0 Å². The van der Waals surface area contributed by atoms with Gasteiger partial charge in [0.25, 0.3) is 0 Å². The highest BCUT2D eigenvalue weighted by Gasteiger charge is 2.13. The van der Waals surface area contributed by atoms with Crippen molar-refractivity contribution in [1.82, 2.24) is 39.3 Å². The third-order valence-corrected chi connectivity index (χ3v) is 8.85. The third-order valence-electron chi connectivity index (χ3n) is 7.58. The zero-order chi connectivity index (χ0) is 29.3. The van der Waals surface area contributed by atoms with Crippen LogP contribution in [0.4, 0.5) is 0 Å². The first-order valence-corrected chi connectivity index (χ1v) is 16.2. The molecular formula is C30H40ClIN8O2. The average molecular weight is 707 g/mol. The minimum Gasteiger partial charge on any atom is -0.379 e. The summed E-state index contributed by atoms with van der Waals surface area (Å²) in [5.74, 6) is 0. The minimum atomic E-state index is 0.479. The number of aryl methyl sites for hydroxylation is 4. The van der Waals surface area contributed by atoms with Crippen LogP contribution in [0.5, 0.6) is 0 Å². The predicted molar refractivity (Wildman–Crippen MR) is 174 cm³/mol. The molecule has 0 N–H and O–H groups in total. The number of hydrogen-bond acceptors (Lipinski definition) is 8. The van der Waals surface area contributed by atoms with Gasteiger partial charge in [0.1, 0.15) is 5.15 Å². The standard InChI is InChI=1S/C19H22ClN5O.C11H18IN3O/c1-14-16(15-11-18-17(21-12-15)3-4-19(20)22-18)13-25(23-14)6-2-5-24-7-9-26-10-8-24;1-10-11(12)9-15(13-10)4-2-3-14-5-7-16-8-6-14/h3-4,11-13H,2,5-10H2,1H3;9H,2-8H2,1H3. The summed E-state index contributed by atoms with van der Waals surface area (Å²) in [6.07, 6.45) is 8.34. The quantitative estimate of drug-likeness (QED) is 0.183. The minimum absolute atomic E-state index is 0.479. The van der Waals surface area contributed by atoms with Gasteiger partial charge in [0.15, 0.2) is 0 Å². The van der Waals surface area contributed by atoms with Crippen molar-refractivity contribution in [1.29, 1.82) is 0 Å². The average Bonchev–Trinajstić information content (AvgIpc) is 3.53. The summed E-state index contributed by atoms with van der Waals surface area (Å²) < 4.78 is 16.1. The summed E-state index contributed by atoms with van der Waals surface area (Å²) in [7, 11) is 0. The molecule has 2 aliphatic rings. The Morgan fingerprint density at radius 3 is 1.98 bits per heavy atom. The number of ether oxygens (including phenoxy) is 2. The monoisotopic (exact) mass is 706 g/mol. The number of pyridine rings is 2. The van der Waals surface area contributed by atoms with Gasteiger partial charge in [0.2, 0.25) is 0 Å². The van der Waals surface area contributed by atoms with Crippen LogP contribution in [0, 0.1) is 17.4 Å². The highest BCUT2D eigenvalue weighted by molar-refractivity contribution is 14.1. The molecule has 0 unspecified atom stereocenters. The van der Waals surface area contributed by atoms with Crippen LogP contribution in [0.15, 0.2) is 36.8 Å². The summed E-state index contributed by atoms with van der Waals surface area (Å²) in [6.45, 7) is 15.9. The van der Waals surface area contributed by atoms with E-state index in [0.29, 0.717) is 5.15 Å². The smallest absolute Gasteiger partial charge is 0.129 e. The molecule has 2 aliphatic heterocycles. The highest BCUT2D eigenvalue weighted by atomic mass is 127. The molecule has 12 heteroatoms. The molecule has 0 saturated carbocycles. The second kappa shape index (κ2) is 15.5. The lowest BCUT2D eigenvalue weighted by Crippen LogP contribution is -2.37. The van der Waals surface area contributed by atoms with Crippen molar-refractivity contribution in [3.63, 3.8) is 0 Å². The summed E-state index contributed by atoms with van der Waals surface area (Å²) in [5, 5.41) is 9.60. The van der Waals surface area contributed by atoms with Crippen LogP contribution >= 0.6 is 34.2 Å². The van der Waals surface area contributed by atoms with E-state index in [1.54, 1.807) is 6.07 Å². The predicted octanol–water partition coefficient (Wildman–Crippen LogP) is 4.70. The van der Waals surface area contributed by atoms with Gasteiger partial charge in [-0.3, -0.25) is 24.1 Å². The van der Waals surface area contributed by atoms with Crippen LogP contribution in [0.3, 0.4) is 0 Å². The van der Waals surface area contributed by atoms with Gasteiger partial charge in [-0.2, -0.15) is 10.2 Å². The van der Waals surface area contributed by atoms with Crippen LogP contribution in [0.25, 0.3) is 22.2 Å². The number of morpholine rings is 2. The molecule has 0 amide bonds. The van der Waals surface area contributed by atoms with Crippen LogP contribution < -0.4 is 0 Å². The van der Waals surface area contributed by atoms with Crippen LogP contribution in [0.2, 0.25) is 5.15 Å². The molecule has 4 aromatic rings. The van der Waals surface area contributed by atoms with Gasteiger partial charge in [0.05, 0.1) is 52.4 Å². The fraction of sp³-hybridized carbons (Fsp3) is 0.533. The van der Waals surface area contributed by atoms with Gasteiger partial charge < -0.3 is 9.47 Å². The van der Waals surface area contributed by atoms with E-state index in [9.17, 15) is 0 Å². The Hall–Kier alpha value is -2.16. The van der Waals surface area contributed by atoms with E-state index in [1.807, 2.05) is 29.9 Å². The van der Waals surface area contributed by atoms with E-state index in [2.05, 4.69) is 76.6 Å². The largest absolute Gasteiger partial charge is 0.379 e. The molecule has 4 aromatic heterocycles. The first-order chi connectivity index (χ1) is 20.4. The van der Waals surface area contributed by atoms with Crippen molar-refractivity contribution in [2.24, 2.45) is 0 Å². The number of halogens is 2. The molecule has 0 radical (unpaired) electrons. The zero-order valence-electron chi connectivity index (χ0n) is 24.5. The van der Waals surface area contributed by atoms with Crippen molar-refractivity contribution in [2.75, 3.05) is 65.7 Å². The van der Waals surface area contributed by atoms with Crippen molar-refractivity contribution in [2.45, 2.75) is 39.8 Å². The summed E-state index contributed by atoms with van der Waals surface area (Å²) >= 11 is 8.34. The molecule has 226 valence electrons. The molecule has 2 fully saturated rings. The molecule has 0 aromatic carbocycles. The van der Waals surface area contributed by atoms with E-state index in [-0.39, 0.29) is 0 Å². The lowest BCUT2D eigenvalue weighted by molar-refractivity contribution is 0.0367. The Kier molecular flexibility index (Phi) is 11.6. The zero-order valence-corrected chi connectivity index (χ0v) is 27.4. The van der Waals surface area contributed by atoms with Gasteiger partial charge in [-0.25, -0.2) is 4.98 Å². The highest BCUT2D eigenvalue weighted by Crippen LogP contribution is 2.25. The van der Waals surface area contributed by atoms with Gasteiger partial charge >= 0.3 is 0 Å². The number of rotatable bonds is 9. The Balaban J connectivity index is 0.000000189. The van der Waals surface area contributed by atoms with Crippen molar-refractivity contribution in [3.8, 4) is 11.1 Å². The molecule has 0 atom stereocenters. The first kappa shape index (κ1) is 31.3. The summed E-state index contributed by atoms with van der Waals surface area (Å²) in [4.78, 5) is 13.8. The maximum atomic E-state index is 6.01. The SMILES string of the molecule is Cc1nn(CCCN2CCOCC2)cc1-c1cnc2ccc(Cl)nc2c1.Cc1nn(CCCN2CCOCC2)cc1I. The van der Waals surface area contributed by atoms with E-state index in [0.717, 1.165) is 125 Å². The van der Waals surface area contributed by atoms with Gasteiger partial charge in [0, 0.05) is 82.1 Å². The maximum Gasteiger partial charge on any atom is 0.129 e. The maximum absolute atomic E-state index is 6.01. The Morgan fingerprint density at radius 1 is 0.786 bits per heavy atom. The van der Waals surface area contributed by atoms with E-state index < -0.39 is 0 Å². The van der Waals surface area contributed by atoms with Crippen LogP contribution in [0.1, 0.15) is 24.2 Å². The summed E-state index contributed by atoms with van der Waals surface area (Å²) in [6, 6.07) is 5.67. The molecular weight excluding hydrogens is 667 g/mol. The molecule has 10 nitrogen and oxygen atoms in total. The van der Waals surface area contributed by atoms with E-state index in [1.165, 1.54) is 3.57 Å². The fourth-order valence-corrected chi connectivity index (χ4v) is 5.80. The Morgan fingerprint density at radius 2 is 1.38 bits per heavy atom. The van der Waals surface area contributed by atoms with Crippen molar-refractivity contribution in [3.05, 3.63) is 56.9 Å². The van der Waals surface area contributed by atoms with Crippen LogP contribution in [-0.4, -0.2) is 105 Å². The number of hydrogen-bond donors (Lipinski definition) is 0. The second-order valence-electron chi connectivity index (χ2n) is 10.7. The lowest BCUT2D eigenvalue weighted by atomic mass is 10.1. The van der Waals surface area contributed by atoms with Crippen molar-refractivity contribution < 1.29 is 9.47 Å². The summed E-state index contributed by atoms with van der Waals surface area (Å²) in [5.41, 5.74) is 5.88. The van der Waals surface area contributed by atoms with Gasteiger partial charge in [-0.15, -0.1) is 0 Å². The second-order valence-corrected chi connectivity index (χ2v) is 12.3. The van der Waals surface area contributed by atoms with Crippen LogP contribution in [-0.2, 0) is 22.6 Å². The Bertz CT molecular complexity index is 1410. The fourth-order valence-electron chi connectivity index (χ4n) is 5.22. The number of aromatic nitrogens is 6. The van der Waals surface area contributed by atoms with Gasteiger partial charge in [-0.05, 0) is 67.5 Å². The lowest BCUT2D eigenvalue weighted by Gasteiger charge is -2.26. The van der Waals surface area contributed by atoms with E-state index in [4.69, 9.17) is 21.1 Å². The van der Waals surface area contributed by atoms with Gasteiger partial charge in [-0.1, -0.05) is 11.6 Å². The van der Waals surface area contributed by atoms with Crippen molar-refractivity contribution >= 4 is 45.2 Å². The number of fused-ring (bicyclic) bond motifs is 1. The molecule has 0 bridgehead atoms. The first-order valence-electron chi connectivity index (χ1n) is 14.7. The molecule has 6 rings (SSSR count). The molecule has 42 heavy (non-hydrogen) atoms. The normalized spacial score (nSPS) is 16.5. The molecule has 0 aliphatic carbocycles. The Labute approximate surface area is 266 Å². The number of nitrogens with zero attached hydrogens (tertiary/aromatic N) is 8. The molecule has 0 spiro atoms. The molecule has 2 saturated heterocycles. The topological polar surface area (TPSA) is 86.4 Å². The molecule has 6 heterocycles.